The zero-order valence-corrected chi connectivity index (χ0v) is 32.4. The fraction of sp³-hybridized carbons (Fsp3) is 0.488. The normalized spacial score (nSPS) is 24.6. The monoisotopic (exact) mass is 726 g/mol. The topological polar surface area (TPSA) is 135 Å². The number of likely N-dealkylation sites (tertiary alicyclic amines) is 1. The van der Waals surface area contributed by atoms with Gasteiger partial charge in [-0.05, 0) is 89.4 Å². The third kappa shape index (κ3) is 7.28. The molecule has 52 heavy (non-hydrogen) atoms. The highest BCUT2D eigenvalue weighted by molar-refractivity contribution is 6.71. The molecule has 3 aliphatic rings. The average Bonchev–Trinajstić information content (AvgIpc) is 3.84. The number of benzene rings is 2. The van der Waals surface area contributed by atoms with Gasteiger partial charge in [0, 0.05) is 52.9 Å². The Morgan fingerprint density at radius 2 is 1.90 bits per heavy atom. The van der Waals surface area contributed by atoms with Crippen molar-refractivity contribution in [3.05, 3.63) is 83.1 Å². The number of aliphatic hydroxyl groups excluding tert-OH is 1. The summed E-state index contributed by atoms with van der Waals surface area (Å²) in [5.41, 5.74) is 4.28. The summed E-state index contributed by atoms with van der Waals surface area (Å²) in [6, 6.07) is 13.2. The molecule has 1 spiro atoms. The predicted octanol–water partition coefficient (Wildman–Crippen LogP) is 6.56. The molecular weight excluding hydrogens is 673 g/mol. The third-order valence-corrected chi connectivity index (χ3v) is 13.8. The van der Waals surface area contributed by atoms with Gasteiger partial charge in [0.2, 0.25) is 11.8 Å². The first-order valence-corrected chi connectivity index (χ1v) is 21.7. The lowest BCUT2D eigenvalue weighted by Crippen LogP contribution is -2.46. The van der Waals surface area contributed by atoms with Crippen LogP contribution in [0.3, 0.4) is 0 Å². The van der Waals surface area contributed by atoms with Gasteiger partial charge in [0.15, 0.2) is 13.9 Å². The number of carbonyl (C=O) groups is 3. The van der Waals surface area contributed by atoms with Crippen molar-refractivity contribution in [2.45, 2.75) is 103 Å². The van der Waals surface area contributed by atoms with Crippen LogP contribution < -0.4 is 10.2 Å². The van der Waals surface area contributed by atoms with Gasteiger partial charge in [-0.25, -0.2) is 0 Å². The summed E-state index contributed by atoms with van der Waals surface area (Å²) in [5.74, 6) is -1.01. The number of allylic oxidation sites excluding steroid dienone is 3. The molecular formula is C41H54N4O6Si. The Bertz CT molecular complexity index is 1890. The number of carbonyl (C=O) groups excluding carboxylic acids is 3. The number of hydrogen-bond donors (Lipinski definition) is 4. The van der Waals surface area contributed by atoms with Gasteiger partial charge in [-0.15, -0.1) is 0 Å². The SMILES string of the molecule is CC(C)=CCC/C(C)=C/CN1C(=O)[C@@]2(O[C@@H](CC(=O)N3CCC[C@H]3CO)[C@H]([Si](C)(C)O)[C@H]2C)c2cc(NC(=O)Cc3c[nH]c4ccccc34)ccc21. The number of aromatic nitrogens is 1. The van der Waals surface area contributed by atoms with E-state index in [4.69, 9.17) is 4.74 Å². The number of amides is 3. The molecule has 278 valence electrons. The molecule has 4 N–H and O–H groups in total. The minimum Gasteiger partial charge on any atom is -0.432 e. The quantitative estimate of drug-likeness (QED) is 0.123. The first-order valence-electron chi connectivity index (χ1n) is 18.7. The van der Waals surface area contributed by atoms with E-state index in [2.05, 4.69) is 43.2 Å². The van der Waals surface area contributed by atoms with E-state index >= 15 is 0 Å². The van der Waals surface area contributed by atoms with Gasteiger partial charge in [-0.2, -0.15) is 0 Å². The van der Waals surface area contributed by atoms with E-state index in [1.807, 2.05) is 68.7 Å². The Morgan fingerprint density at radius 1 is 1.13 bits per heavy atom. The van der Waals surface area contributed by atoms with E-state index in [0.717, 1.165) is 42.1 Å². The van der Waals surface area contributed by atoms with Gasteiger partial charge >= 0.3 is 0 Å². The number of rotatable bonds is 12. The fourth-order valence-corrected chi connectivity index (χ4v) is 11.3. The van der Waals surface area contributed by atoms with Gasteiger partial charge in [-0.3, -0.25) is 14.4 Å². The van der Waals surface area contributed by atoms with Crippen LogP contribution in [-0.2, 0) is 31.1 Å². The number of anilines is 2. The molecule has 11 heteroatoms. The number of aromatic amines is 1. The van der Waals surface area contributed by atoms with Gasteiger partial charge in [0.1, 0.15) is 0 Å². The average molecular weight is 727 g/mol. The summed E-state index contributed by atoms with van der Waals surface area (Å²) in [4.78, 5) is 60.6. The van der Waals surface area contributed by atoms with Crippen molar-refractivity contribution in [3.8, 4) is 0 Å². The number of fused-ring (bicyclic) bond motifs is 3. The Kier molecular flexibility index (Phi) is 11.0. The lowest BCUT2D eigenvalue weighted by molar-refractivity contribution is -0.149. The van der Waals surface area contributed by atoms with E-state index < -0.39 is 31.5 Å². The molecule has 10 nitrogen and oxygen atoms in total. The van der Waals surface area contributed by atoms with E-state index in [-0.39, 0.29) is 43.2 Å². The third-order valence-electron chi connectivity index (χ3n) is 11.3. The van der Waals surface area contributed by atoms with E-state index in [1.54, 1.807) is 9.80 Å². The molecule has 0 aliphatic carbocycles. The second-order valence-electron chi connectivity index (χ2n) is 15.7. The summed E-state index contributed by atoms with van der Waals surface area (Å²) in [7, 11) is -3.01. The van der Waals surface area contributed by atoms with Crippen LogP contribution in [0.1, 0.15) is 70.9 Å². The highest BCUT2D eigenvalue weighted by Gasteiger charge is 2.66. The lowest BCUT2D eigenvalue weighted by Gasteiger charge is -2.32. The van der Waals surface area contributed by atoms with E-state index in [0.29, 0.717) is 30.0 Å². The van der Waals surface area contributed by atoms with Crippen molar-refractivity contribution in [2.24, 2.45) is 5.92 Å². The molecule has 0 unspecified atom stereocenters. The van der Waals surface area contributed by atoms with Crippen LogP contribution >= 0.6 is 0 Å². The summed E-state index contributed by atoms with van der Waals surface area (Å²) < 4.78 is 6.95. The highest BCUT2D eigenvalue weighted by atomic mass is 28.4. The maximum Gasteiger partial charge on any atom is 0.264 e. The van der Waals surface area contributed by atoms with Gasteiger partial charge in [0.05, 0.1) is 37.3 Å². The number of H-pyrrole nitrogens is 1. The van der Waals surface area contributed by atoms with Crippen LogP contribution in [0, 0.1) is 5.92 Å². The molecule has 2 saturated heterocycles. The van der Waals surface area contributed by atoms with Gasteiger partial charge < -0.3 is 34.7 Å². The Balaban J connectivity index is 1.34. The van der Waals surface area contributed by atoms with Crippen molar-refractivity contribution in [3.63, 3.8) is 0 Å². The van der Waals surface area contributed by atoms with E-state index in [9.17, 15) is 24.3 Å². The molecule has 0 bridgehead atoms. The number of hydrogen-bond acceptors (Lipinski definition) is 6. The first kappa shape index (κ1) is 37.7. The van der Waals surface area contributed by atoms with Crippen molar-refractivity contribution in [2.75, 3.05) is 29.9 Å². The van der Waals surface area contributed by atoms with Crippen LogP contribution in [0.5, 0.6) is 0 Å². The van der Waals surface area contributed by atoms with Crippen molar-refractivity contribution in [1.82, 2.24) is 9.88 Å². The number of ether oxygens (including phenoxy) is 1. The second kappa shape index (κ2) is 15.1. The molecule has 3 amide bonds. The summed E-state index contributed by atoms with van der Waals surface area (Å²) >= 11 is 0. The summed E-state index contributed by atoms with van der Waals surface area (Å²) in [5, 5.41) is 14.0. The Hall–Kier alpha value is -4.03. The zero-order chi connectivity index (χ0) is 37.4. The van der Waals surface area contributed by atoms with Crippen molar-refractivity contribution >= 4 is 48.3 Å². The molecule has 0 radical (unpaired) electrons. The van der Waals surface area contributed by atoms with Crippen molar-refractivity contribution < 1.29 is 29.0 Å². The summed E-state index contributed by atoms with van der Waals surface area (Å²) in [6.07, 6.45) is 8.99. The largest absolute Gasteiger partial charge is 0.432 e. The molecule has 1 aromatic heterocycles. The Morgan fingerprint density at radius 3 is 2.63 bits per heavy atom. The smallest absolute Gasteiger partial charge is 0.264 e. The Labute approximate surface area is 308 Å². The maximum absolute atomic E-state index is 14.9. The number of aliphatic hydroxyl groups is 1. The predicted molar refractivity (Wildman–Crippen MR) is 207 cm³/mol. The van der Waals surface area contributed by atoms with Crippen LogP contribution in [-0.4, -0.2) is 77.7 Å². The molecule has 5 atom stereocenters. The van der Waals surface area contributed by atoms with Crippen molar-refractivity contribution in [1.29, 1.82) is 0 Å². The molecule has 3 aromatic rings. The molecule has 6 rings (SSSR count). The fourth-order valence-electron chi connectivity index (χ4n) is 8.77. The number of nitrogens with one attached hydrogen (secondary N) is 2. The van der Waals surface area contributed by atoms with Gasteiger partial charge in [0.25, 0.3) is 5.91 Å². The first-order chi connectivity index (χ1) is 24.7. The van der Waals surface area contributed by atoms with Gasteiger partial charge in [-0.1, -0.05) is 48.4 Å². The zero-order valence-electron chi connectivity index (χ0n) is 31.4. The van der Waals surface area contributed by atoms with Crippen LogP contribution in [0.15, 0.2) is 72.0 Å². The number of nitrogens with zero attached hydrogens (tertiary/aromatic N) is 2. The summed E-state index contributed by atoms with van der Waals surface area (Å²) in [6.45, 7) is 12.7. The molecule has 3 aliphatic heterocycles. The highest BCUT2D eigenvalue weighted by Crippen LogP contribution is 2.60. The molecule has 2 aromatic carbocycles. The second-order valence-corrected chi connectivity index (χ2v) is 19.7. The molecule has 4 heterocycles. The molecule has 0 saturated carbocycles. The van der Waals surface area contributed by atoms with Crippen LogP contribution in [0.2, 0.25) is 18.6 Å². The number of para-hydroxylation sites is 1. The standard InChI is InChI=1S/C41H54N4O6Si/c1-26(2)11-9-12-27(3)18-20-45-35-17-16-30(43-37(47)21-29-24-42-34-15-8-7-14-32(29)34)22-33(35)41(40(45)49)28(4)39(52(5,6)50)36(51-41)23-38(48)44-19-10-13-31(44)25-46/h7-8,11,14-18,22,24,28,31,36,39,42,46,50H,9-10,12-13,19-21,23,25H2,1-6H3,(H,43,47)/b27-18+/t28-,31+,36+,39-,41+/m1/s1. The lowest BCUT2D eigenvalue weighted by atomic mass is 9.82. The van der Waals surface area contributed by atoms with E-state index in [1.165, 1.54) is 11.1 Å². The van der Waals surface area contributed by atoms with Crippen LogP contribution in [0.4, 0.5) is 11.4 Å². The minimum atomic E-state index is -3.01. The van der Waals surface area contributed by atoms with Crippen LogP contribution in [0.25, 0.3) is 10.9 Å². The molecule has 2 fully saturated rings. The minimum absolute atomic E-state index is 0.0112. The maximum atomic E-state index is 14.9.